The monoisotopic (exact) mass is 231 g/mol. The van der Waals surface area contributed by atoms with Gasteiger partial charge in [-0.15, -0.1) is 0 Å². The molecule has 0 unspecified atom stereocenters. The Morgan fingerprint density at radius 3 is 2.88 bits per heavy atom. The van der Waals surface area contributed by atoms with Gasteiger partial charge in [0.2, 0.25) is 0 Å². The average molecular weight is 231 g/mol. The van der Waals surface area contributed by atoms with Crippen LogP contribution in [0.3, 0.4) is 0 Å². The van der Waals surface area contributed by atoms with E-state index in [9.17, 15) is 13.9 Å². The van der Waals surface area contributed by atoms with Crippen LogP contribution in [0.4, 0.5) is 8.78 Å². The molecule has 1 aliphatic rings. The molecule has 0 aliphatic heterocycles. The molecule has 6 heteroatoms. The van der Waals surface area contributed by atoms with Gasteiger partial charge in [0.15, 0.2) is 0 Å². The van der Waals surface area contributed by atoms with Crippen molar-refractivity contribution in [3.8, 4) is 0 Å². The van der Waals surface area contributed by atoms with Crippen molar-refractivity contribution >= 4 is 0 Å². The first-order valence-corrected chi connectivity index (χ1v) is 5.34. The molecule has 0 radical (unpaired) electrons. The average Bonchev–Trinajstić information content (AvgIpc) is 2.63. The second-order valence-corrected chi connectivity index (χ2v) is 4.21. The van der Waals surface area contributed by atoms with Gasteiger partial charge in [-0.3, -0.25) is 4.57 Å². The van der Waals surface area contributed by atoms with Crippen molar-refractivity contribution in [2.75, 3.05) is 6.54 Å². The molecule has 1 heterocycles. The van der Waals surface area contributed by atoms with Crippen LogP contribution in [0.25, 0.3) is 0 Å². The Labute approximate surface area is 92.3 Å². The van der Waals surface area contributed by atoms with Crippen molar-refractivity contribution in [3.05, 3.63) is 18.2 Å². The molecule has 1 aromatic rings. The fourth-order valence-electron chi connectivity index (χ4n) is 1.83. The summed E-state index contributed by atoms with van der Waals surface area (Å²) in [4.78, 5) is 3.84. The fourth-order valence-corrected chi connectivity index (χ4v) is 1.83. The van der Waals surface area contributed by atoms with Gasteiger partial charge in [-0.2, -0.15) is 8.78 Å². The molecule has 1 saturated carbocycles. The highest BCUT2D eigenvalue weighted by Gasteiger charge is 2.33. The van der Waals surface area contributed by atoms with Gasteiger partial charge < -0.3 is 10.4 Å². The Kier molecular flexibility index (Phi) is 3.20. The highest BCUT2D eigenvalue weighted by Crippen LogP contribution is 2.30. The normalized spacial score (nSPS) is 18.8. The Bertz CT molecular complexity index is 350. The van der Waals surface area contributed by atoms with Gasteiger partial charge in [0.1, 0.15) is 5.82 Å². The lowest BCUT2D eigenvalue weighted by Crippen LogP contribution is -2.46. The highest BCUT2D eigenvalue weighted by atomic mass is 19.3. The van der Waals surface area contributed by atoms with Crippen molar-refractivity contribution in [1.29, 1.82) is 0 Å². The van der Waals surface area contributed by atoms with E-state index in [0.717, 1.165) is 23.8 Å². The van der Waals surface area contributed by atoms with Gasteiger partial charge in [-0.25, -0.2) is 4.98 Å². The summed E-state index contributed by atoms with van der Waals surface area (Å²) in [7, 11) is 0. The van der Waals surface area contributed by atoms with Gasteiger partial charge in [0.25, 0.3) is 0 Å². The van der Waals surface area contributed by atoms with Gasteiger partial charge in [0.05, 0.1) is 12.1 Å². The van der Waals surface area contributed by atoms with Gasteiger partial charge in [-0.05, 0) is 19.3 Å². The zero-order valence-electron chi connectivity index (χ0n) is 8.87. The minimum absolute atomic E-state index is 0.250. The molecule has 0 bridgehead atoms. The maximum absolute atomic E-state index is 12.4. The predicted molar refractivity (Wildman–Crippen MR) is 54.0 cm³/mol. The van der Waals surface area contributed by atoms with E-state index in [4.69, 9.17) is 0 Å². The van der Waals surface area contributed by atoms with Crippen molar-refractivity contribution in [2.45, 2.75) is 38.0 Å². The third-order valence-corrected chi connectivity index (χ3v) is 2.98. The third kappa shape index (κ3) is 2.38. The highest BCUT2D eigenvalue weighted by molar-refractivity contribution is 4.94. The number of hydrogen-bond donors (Lipinski definition) is 2. The van der Waals surface area contributed by atoms with Crippen molar-refractivity contribution < 1.29 is 13.9 Å². The zero-order valence-corrected chi connectivity index (χ0v) is 8.87. The molecule has 1 fully saturated rings. The van der Waals surface area contributed by atoms with E-state index in [1.165, 1.54) is 12.4 Å². The topological polar surface area (TPSA) is 50.1 Å². The first-order chi connectivity index (χ1) is 7.61. The van der Waals surface area contributed by atoms with E-state index in [0.29, 0.717) is 6.54 Å². The molecule has 0 saturated heterocycles. The molecule has 1 aromatic heterocycles. The van der Waals surface area contributed by atoms with Crippen LogP contribution >= 0.6 is 0 Å². The SMILES string of the molecule is OC1(CNCc2nccn2C(F)F)CCC1. The van der Waals surface area contributed by atoms with E-state index in [-0.39, 0.29) is 12.4 Å². The predicted octanol–water partition coefficient (Wildman–Crippen LogP) is 1.28. The molecular weight excluding hydrogens is 216 g/mol. The van der Waals surface area contributed by atoms with Crippen LogP contribution in [0, 0.1) is 0 Å². The van der Waals surface area contributed by atoms with Crippen LogP contribution in [0.2, 0.25) is 0 Å². The lowest BCUT2D eigenvalue weighted by atomic mass is 9.80. The lowest BCUT2D eigenvalue weighted by molar-refractivity contribution is -0.0317. The Hall–Kier alpha value is -1.01. The number of aliphatic hydroxyl groups is 1. The van der Waals surface area contributed by atoms with E-state index in [2.05, 4.69) is 10.3 Å². The van der Waals surface area contributed by atoms with Gasteiger partial charge in [0, 0.05) is 18.9 Å². The Morgan fingerprint density at radius 2 is 2.31 bits per heavy atom. The first kappa shape index (κ1) is 11.5. The van der Waals surface area contributed by atoms with Crippen molar-refractivity contribution in [2.24, 2.45) is 0 Å². The number of hydrogen-bond acceptors (Lipinski definition) is 3. The molecule has 0 atom stereocenters. The molecule has 1 aliphatic carbocycles. The molecule has 0 amide bonds. The summed E-state index contributed by atoms with van der Waals surface area (Å²) in [6.07, 6.45) is 5.19. The molecule has 0 aromatic carbocycles. The number of rotatable bonds is 5. The minimum atomic E-state index is -2.56. The summed E-state index contributed by atoms with van der Waals surface area (Å²) in [6, 6.07) is 0. The van der Waals surface area contributed by atoms with E-state index >= 15 is 0 Å². The summed E-state index contributed by atoms with van der Waals surface area (Å²) in [5.74, 6) is 0.290. The number of nitrogens with one attached hydrogen (secondary N) is 1. The third-order valence-electron chi connectivity index (χ3n) is 2.98. The van der Waals surface area contributed by atoms with Gasteiger partial charge in [-0.1, -0.05) is 0 Å². The molecule has 2 rings (SSSR count). The van der Waals surface area contributed by atoms with E-state index in [1.54, 1.807) is 0 Å². The molecule has 16 heavy (non-hydrogen) atoms. The summed E-state index contributed by atoms with van der Waals surface area (Å²) in [6.45, 7) is -1.88. The Balaban J connectivity index is 1.82. The quantitative estimate of drug-likeness (QED) is 0.802. The van der Waals surface area contributed by atoms with Crippen LogP contribution in [0.1, 0.15) is 31.6 Å². The summed E-state index contributed by atoms with van der Waals surface area (Å²) in [5.41, 5.74) is -0.637. The van der Waals surface area contributed by atoms with Crippen LogP contribution in [0.15, 0.2) is 12.4 Å². The van der Waals surface area contributed by atoms with Crippen LogP contribution in [-0.2, 0) is 6.54 Å². The van der Waals surface area contributed by atoms with Crippen LogP contribution in [0.5, 0.6) is 0 Å². The standard InChI is InChI=1S/C10H15F2N3O/c11-9(12)15-5-4-14-8(15)6-13-7-10(16)2-1-3-10/h4-5,9,13,16H,1-3,6-7H2. The molecule has 90 valence electrons. The summed E-state index contributed by atoms with van der Waals surface area (Å²) in [5, 5.41) is 12.7. The van der Waals surface area contributed by atoms with Crippen LogP contribution < -0.4 is 5.32 Å². The van der Waals surface area contributed by atoms with Gasteiger partial charge >= 0.3 is 6.55 Å². The summed E-state index contributed by atoms with van der Waals surface area (Å²) < 4.78 is 25.7. The molecule has 4 nitrogen and oxygen atoms in total. The smallest absolute Gasteiger partial charge is 0.319 e. The van der Waals surface area contributed by atoms with Crippen LogP contribution in [-0.4, -0.2) is 26.8 Å². The summed E-state index contributed by atoms with van der Waals surface area (Å²) >= 11 is 0. The number of nitrogens with zero attached hydrogens (tertiary/aromatic N) is 2. The fraction of sp³-hybridized carbons (Fsp3) is 0.700. The lowest BCUT2D eigenvalue weighted by Gasteiger charge is -2.36. The molecule has 2 N–H and O–H groups in total. The maximum atomic E-state index is 12.4. The molecular formula is C10H15F2N3O. The first-order valence-electron chi connectivity index (χ1n) is 5.34. The minimum Gasteiger partial charge on any atom is -0.389 e. The van der Waals surface area contributed by atoms with E-state index < -0.39 is 12.2 Å². The second kappa shape index (κ2) is 4.47. The number of alkyl halides is 2. The molecule has 0 spiro atoms. The maximum Gasteiger partial charge on any atom is 0.319 e. The van der Waals surface area contributed by atoms with Crippen molar-refractivity contribution in [1.82, 2.24) is 14.9 Å². The number of aromatic nitrogens is 2. The number of halogens is 2. The Morgan fingerprint density at radius 1 is 1.56 bits per heavy atom. The zero-order chi connectivity index (χ0) is 11.6. The number of imidazole rings is 1. The largest absolute Gasteiger partial charge is 0.389 e. The van der Waals surface area contributed by atoms with Crippen molar-refractivity contribution in [3.63, 3.8) is 0 Å². The second-order valence-electron chi connectivity index (χ2n) is 4.21. The van der Waals surface area contributed by atoms with E-state index in [1.807, 2.05) is 0 Å².